The van der Waals surface area contributed by atoms with Gasteiger partial charge in [-0.15, -0.1) is 0 Å². The van der Waals surface area contributed by atoms with Gasteiger partial charge in [0.25, 0.3) is 0 Å². The number of hydrogen-bond acceptors (Lipinski definition) is 5. The first kappa shape index (κ1) is 19.9. The Labute approximate surface area is 165 Å². The maximum Gasteiger partial charge on any atom is 0.337 e. The van der Waals surface area contributed by atoms with Crippen molar-refractivity contribution in [2.45, 2.75) is 19.3 Å². The van der Waals surface area contributed by atoms with E-state index in [0.29, 0.717) is 17.9 Å². The smallest absolute Gasteiger partial charge is 0.337 e. The standard InChI is InChI=1S/C22H26N2O4/c1-27-22(26)18-9-10-20(24-12-5-6-13-24)19(15-18)23-21(25)16-28-14-11-17-7-3-2-4-8-17/h2-4,7-10,15H,5-6,11-14,16H2,1H3,(H,23,25). The van der Waals surface area contributed by atoms with Crippen LogP contribution in [0.4, 0.5) is 11.4 Å². The quantitative estimate of drug-likeness (QED) is 0.561. The molecular formula is C22H26N2O4. The molecule has 1 N–H and O–H groups in total. The molecule has 0 unspecified atom stereocenters. The van der Waals surface area contributed by atoms with E-state index in [1.54, 1.807) is 12.1 Å². The Balaban J connectivity index is 1.60. The van der Waals surface area contributed by atoms with Crippen LogP contribution in [0, 0.1) is 0 Å². The van der Waals surface area contributed by atoms with Gasteiger partial charge in [-0.1, -0.05) is 30.3 Å². The summed E-state index contributed by atoms with van der Waals surface area (Å²) in [4.78, 5) is 26.4. The van der Waals surface area contributed by atoms with Gasteiger partial charge in [-0.05, 0) is 43.0 Å². The Morgan fingerprint density at radius 2 is 1.82 bits per heavy atom. The number of amides is 1. The first-order chi connectivity index (χ1) is 13.7. The summed E-state index contributed by atoms with van der Waals surface area (Å²) in [6.45, 7) is 2.31. The fourth-order valence-corrected chi connectivity index (χ4v) is 3.30. The van der Waals surface area contributed by atoms with Gasteiger partial charge in [-0.2, -0.15) is 0 Å². The van der Waals surface area contributed by atoms with E-state index < -0.39 is 5.97 Å². The van der Waals surface area contributed by atoms with E-state index in [2.05, 4.69) is 10.2 Å². The van der Waals surface area contributed by atoms with Crippen molar-refractivity contribution in [2.75, 3.05) is 43.6 Å². The highest BCUT2D eigenvalue weighted by atomic mass is 16.5. The Morgan fingerprint density at radius 3 is 2.54 bits per heavy atom. The predicted molar refractivity (Wildman–Crippen MR) is 109 cm³/mol. The molecule has 0 aromatic heterocycles. The number of carbonyl (C=O) groups is 2. The van der Waals surface area contributed by atoms with Crippen molar-refractivity contribution in [3.63, 3.8) is 0 Å². The molecule has 0 spiro atoms. The van der Waals surface area contributed by atoms with Crippen LogP contribution < -0.4 is 10.2 Å². The van der Waals surface area contributed by atoms with Crippen molar-refractivity contribution in [3.05, 3.63) is 59.7 Å². The van der Waals surface area contributed by atoms with Crippen LogP contribution in [0.3, 0.4) is 0 Å². The van der Waals surface area contributed by atoms with Crippen LogP contribution in [0.15, 0.2) is 48.5 Å². The third kappa shape index (κ3) is 5.33. The van der Waals surface area contributed by atoms with Crippen LogP contribution in [-0.2, 0) is 20.7 Å². The second kappa shape index (κ2) is 9.90. The highest BCUT2D eigenvalue weighted by Crippen LogP contribution is 2.30. The molecule has 2 aromatic rings. The third-order valence-electron chi connectivity index (χ3n) is 4.75. The average Bonchev–Trinajstić information content (AvgIpc) is 3.26. The molecule has 2 aromatic carbocycles. The van der Waals surface area contributed by atoms with Gasteiger partial charge in [0.2, 0.25) is 5.91 Å². The summed E-state index contributed by atoms with van der Waals surface area (Å²) in [6.07, 6.45) is 2.99. The van der Waals surface area contributed by atoms with Gasteiger partial charge in [-0.3, -0.25) is 4.79 Å². The minimum Gasteiger partial charge on any atom is -0.465 e. The molecule has 1 aliphatic rings. The zero-order valence-corrected chi connectivity index (χ0v) is 16.1. The number of esters is 1. The first-order valence-corrected chi connectivity index (χ1v) is 9.56. The van der Waals surface area contributed by atoms with Gasteiger partial charge < -0.3 is 19.7 Å². The molecule has 0 atom stereocenters. The maximum absolute atomic E-state index is 12.4. The van der Waals surface area contributed by atoms with Gasteiger partial charge in [0.15, 0.2) is 0 Å². The lowest BCUT2D eigenvalue weighted by Crippen LogP contribution is -2.24. The van der Waals surface area contributed by atoms with Crippen molar-refractivity contribution < 1.29 is 19.1 Å². The Kier molecular flexibility index (Phi) is 7.03. The number of hydrogen-bond donors (Lipinski definition) is 1. The van der Waals surface area contributed by atoms with E-state index >= 15 is 0 Å². The second-order valence-electron chi connectivity index (χ2n) is 6.75. The highest BCUT2D eigenvalue weighted by molar-refractivity contribution is 5.98. The number of nitrogens with one attached hydrogen (secondary N) is 1. The van der Waals surface area contributed by atoms with E-state index in [1.165, 1.54) is 12.7 Å². The van der Waals surface area contributed by atoms with Crippen molar-refractivity contribution in [2.24, 2.45) is 0 Å². The average molecular weight is 382 g/mol. The Hall–Kier alpha value is -2.86. The zero-order chi connectivity index (χ0) is 19.8. The molecule has 1 fully saturated rings. The minimum absolute atomic E-state index is 0.0330. The molecule has 3 rings (SSSR count). The molecule has 0 radical (unpaired) electrons. The molecule has 1 heterocycles. The number of nitrogens with zero attached hydrogens (tertiary/aromatic N) is 1. The van der Waals surface area contributed by atoms with Crippen molar-refractivity contribution in [1.29, 1.82) is 0 Å². The molecule has 0 aliphatic carbocycles. The zero-order valence-electron chi connectivity index (χ0n) is 16.1. The number of methoxy groups -OCH3 is 1. The van der Waals surface area contributed by atoms with Gasteiger partial charge in [0.05, 0.1) is 30.7 Å². The minimum atomic E-state index is -0.428. The van der Waals surface area contributed by atoms with E-state index in [0.717, 1.165) is 38.0 Å². The van der Waals surface area contributed by atoms with Crippen LogP contribution in [0.2, 0.25) is 0 Å². The lowest BCUT2D eigenvalue weighted by atomic mass is 10.1. The third-order valence-corrected chi connectivity index (χ3v) is 4.75. The predicted octanol–water partition coefficient (Wildman–Crippen LogP) is 3.27. The second-order valence-corrected chi connectivity index (χ2v) is 6.75. The first-order valence-electron chi connectivity index (χ1n) is 9.56. The van der Waals surface area contributed by atoms with Crippen LogP contribution >= 0.6 is 0 Å². The number of anilines is 2. The summed E-state index contributed by atoms with van der Waals surface area (Å²) in [7, 11) is 1.34. The van der Waals surface area contributed by atoms with Crippen molar-refractivity contribution in [3.8, 4) is 0 Å². The largest absolute Gasteiger partial charge is 0.465 e. The molecule has 0 bridgehead atoms. The fourth-order valence-electron chi connectivity index (χ4n) is 3.30. The summed E-state index contributed by atoms with van der Waals surface area (Å²) in [5.41, 5.74) is 3.11. The molecule has 0 saturated carbocycles. The number of rotatable bonds is 8. The van der Waals surface area contributed by atoms with Crippen molar-refractivity contribution >= 4 is 23.3 Å². The van der Waals surface area contributed by atoms with Crippen LogP contribution in [0.5, 0.6) is 0 Å². The Bertz CT molecular complexity index is 801. The molecule has 1 amide bonds. The van der Waals surface area contributed by atoms with Gasteiger partial charge in [0, 0.05) is 13.1 Å². The molecule has 1 saturated heterocycles. The Morgan fingerprint density at radius 1 is 1.07 bits per heavy atom. The highest BCUT2D eigenvalue weighted by Gasteiger charge is 2.19. The molecule has 28 heavy (non-hydrogen) atoms. The molecule has 6 heteroatoms. The van der Waals surface area contributed by atoms with Gasteiger partial charge >= 0.3 is 5.97 Å². The summed E-state index contributed by atoms with van der Waals surface area (Å²) in [5.74, 6) is -0.668. The van der Waals surface area contributed by atoms with Crippen LogP contribution in [0.25, 0.3) is 0 Å². The lowest BCUT2D eigenvalue weighted by molar-refractivity contribution is -0.120. The molecule has 1 aliphatic heterocycles. The van der Waals surface area contributed by atoms with E-state index in [1.807, 2.05) is 36.4 Å². The SMILES string of the molecule is COC(=O)c1ccc(N2CCCC2)c(NC(=O)COCCc2ccccc2)c1. The van der Waals surface area contributed by atoms with Crippen LogP contribution in [0.1, 0.15) is 28.8 Å². The van der Waals surface area contributed by atoms with Gasteiger partial charge in [-0.25, -0.2) is 4.79 Å². The number of carbonyl (C=O) groups excluding carboxylic acids is 2. The maximum atomic E-state index is 12.4. The lowest BCUT2D eigenvalue weighted by Gasteiger charge is -2.22. The molecular weight excluding hydrogens is 356 g/mol. The summed E-state index contributed by atoms with van der Waals surface area (Å²) < 4.78 is 10.3. The molecule has 148 valence electrons. The van der Waals surface area contributed by atoms with E-state index in [9.17, 15) is 9.59 Å². The van der Waals surface area contributed by atoms with E-state index in [-0.39, 0.29) is 12.5 Å². The topological polar surface area (TPSA) is 67.9 Å². The monoisotopic (exact) mass is 382 g/mol. The van der Waals surface area contributed by atoms with Crippen molar-refractivity contribution in [1.82, 2.24) is 0 Å². The summed E-state index contributed by atoms with van der Waals surface area (Å²) in [5, 5.41) is 2.89. The van der Waals surface area contributed by atoms with Crippen LogP contribution in [-0.4, -0.2) is 45.3 Å². The summed E-state index contributed by atoms with van der Waals surface area (Å²) >= 11 is 0. The summed E-state index contributed by atoms with van der Waals surface area (Å²) in [6, 6.07) is 15.3. The molecule has 6 nitrogen and oxygen atoms in total. The normalized spacial score (nSPS) is 13.4. The number of ether oxygens (including phenoxy) is 2. The number of benzene rings is 2. The van der Waals surface area contributed by atoms with Gasteiger partial charge in [0.1, 0.15) is 6.61 Å². The van der Waals surface area contributed by atoms with E-state index in [4.69, 9.17) is 9.47 Å². The fraction of sp³-hybridized carbons (Fsp3) is 0.364.